The van der Waals surface area contributed by atoms with E-state index in [0.717, 1.165) is 38.4 Å². The minimum absolute atomic E-state index is 0.265. The summed E-state index contributed by atoms with van der Waals surface area (Å²) in [5.41, 5.74) is 11.0. The molecule has 1 atom stereocenters. The van der Waals surface area contributed by atoms with E-state index in [1.165, 1.54) is 12.0 Å². The molecule has 5 aromatic rings. The molecule has 0 spiro atoms. The van der Waals surface area contributed by atoms with Gasteiger partial charge in [0.05, 0.1) is 5.69 Å². The third kappa shape index (κ3) is 3.99. The van der Waals surface area contributed by atoms with Crippen LogP contribution in [0.2, 0.25) is 0 Å². The highest BCUT2D eigenvalue weighted by Crippen LogP contribution is 2.45. The summed E-state index contributed by atoms with van der Waals surface area (Å²) in [4.78, 5) is 31.7. The molecule has 4 aromatic carbocycles. The average Bonchev–Trinajstić information content (AvgIpc) is 3.26. The van der Waals surface area contributed by atoms with E-state index in [9.17, 15) is 9.59 Å². The van der Waals surface area contributed by atoms with E-state index in [2.05, 4.69) is 22.0 Å². The van der Waals surface area contributed by atoms with Gasteiger partial charge in [-0.1, -0.05) is 72.8 Å². The highest BCUT2D eigenvalue weighted by Gasteiger charge is 2.39. The van der Waals surface area contributed by atoms with E-state index in [0.29, 0.717) is 24.5 Å². The Labute approximate surface area is 214 Å². The molecule has 1 aliphatic heterocycles. The molecule has 0 aliphatic carbocycles. The lowest BCUT2D eigenvalue weighted by atomic mass is 9.99. The first kappa shape index (κ1) is 22.8. The second kappa shape index (κ2) is 9.11. The van der Waals surface area contributed by atoms with Gasteiger partial charge in [0.1, 0.15) is 5.69 Å². The van der Waals surface area contributed by atoms with Crippen molar-refractivity contribution in [3.05, 3.63) is 108 Å². The number of nitrogens with two attached hydrogens (primary N) is 1. The zero-order valence-electron chi connectivity index (χ0n) is 20.3. The second-order valence-corrected chi connectivity index (χ2v) is 9.23. The number of carbonyl (C=O) groups is 2. The van der Waals surface area contributed by atoms with Crippen molar-refractivity contribution in [1.29, 1.82) is 0 Å². The number of rotatable bonds is 5. The van der Waals surface area contributed by atoms with E-state index in [-0.39, 0.29) is 5.91 Å². The van der Waals surface area contributed by atoms with Crippen LogP contribution in [0.5, 0.6) is 0 Å². The molecule has 2 heterocycles. The van der Waals surface area contributed by atoms with Gasteiger partial charge >= 0.3 is 5.97 Å². The SMILES string of the molecule is CC(=O)ON1c2c(ccc3ccccc23)NC(=O)C1c1cn(Cc2ccc(CN)cc2)c2ccccc12. The van der Waals surface area contributed by atoms with Crippen LogP contribution < -0.4 is 16.1 Å². The van der Waals surface area contributed by atoms with Crippen molar-refractivity contribution in [1.82, 2.24) is 4.57 Å². The number of aromatic nitrogens is 1. The Bertz CT molecular complexity index is 1660. The summed E-state index contributed by atoms with van der Waals surface area (Å²) < 4.78 is 2.12. The van der Waals surface area contributed by atoms with Crippen molar-refractivity contribution in [2.45, 2.75) is 26.1 Å². The average molecular weight is 491 g/mol. The normalized spacial score (nSPS) is 15.0. The summed E-state index contributed by atoms with van der Waals surface area (Å²) >= 11 is 0. The van der Waals surface area contributed by atoms with Crippen LogP contribution in [0.4, 0.5) is 11.4 Å². The zero-order chi connectivity index (χ0) is 25.5. The molecule has 3 N–H and O–H groups in total. The fraction of sp³-hybridized carbons (Fsp3) is 0.133. The van der Waals surface area contributed by atoms with Gasteiger partial charge in [-0.05, 0) is 28.6 Å². The summed E-state index contributed by atoms with van der Waals surface area (Å²) in [7, 11) is 0. The maximum Gasteiger partial charge on any atom is 0.329 e. The lowest BCUT2D eigenvalue weighted by Crippen LogP contribution is -2.42. The number of hydroxylamine groups is 1. The van der Waals surface area contributed by atoms with Crippen molar-refractivity contribution in [3.63, 3.8) is 0 Å². The molecule has 1 aliphatic rings. The Morgan fingerprint density at radius 3 is 2.38 bits per heavy atom. The number of benzene rings is 4. The molecule has 0 saturated heterocycles. The van der Waals surface area contributed by atoms with Crippen molar-refractivity contribution >= 4 is 44.9 Å². The number of fused-ring (bicyclic) bond motifs is 4. The summed E-state index contributed by atoms with van der Waals surface area (Å²) in [6, 6.07) is 26.9. The Balaban J connectivity index is 1.51. The van der Waals surface area contributed by atoms with Crippen LogP contribution in [-0.4, -0.2) is 16.4 Å². The number of nitrogens with one attached hydrogen (secondary N) is 1. The lowest BCUT2D eigenvalue weighted by molar-refractivity contribution is -0.144. The lowest BCUT2D eigenvalue weighted by Gasteiger charge is -2.36. The summed E-state index contributed by atoms with van der Waals surface area (Å²) in [5.74, 6) is -0.762. The van der Waals surface area contributed by atoms with Crippen LogP contribution in [0.1, 0.15) is 29.7 Å². The Kier molecular flexibility index (Phi) is 5.62. The van der Waals surface area contributed by atoms with Crippen LogP contribution in [-0.2, 0) is 27.5 Å². The van der Waals surface area contributed by atoms with E-state index < -0.39 is 12.0 Å². The van der Waals surface area contributed by atoms with Gasteiger partial charge in [0, 0.05) is 48.1 Å². The Morgan fingerprint density at radius 1 is 0.919 bits per heavy atom. The fourth-order valence-corrected chi connectivity index (χ4v) is 5.14. The largest absolute Gasteiger partial charge is 0.343 e. The molecule has 1 amide bonds. The van der Waals surface area contributed by atoms with Crippen LogP contribution in [0.15, 0.2) is 91.1 Å². The summed E-state index contributed by atoms with van der Waals surface area (Å²) in [5, 5.41) is 7.31. The number of anilines is 2. The fourth-order valence-electron chi connectivity index (χ4n) is 5.14. The molecule has 0 fully saturated rings. The third-order valence-electron chi connectivity index (χ3n) is 6.81. The minimum Gasteiger partial charge on any atom is -0.343 e. The monoisotopic (exact) mass is 490 g/mol. The summed E-state index contributed by atoms with van der Waals surface area (Å²) in [6.07, 6.45) is 1.98. The number of hydrogen-bond donors (Lipinski definition) is 2. The van der Waals surface area contributed by atoms with Gasteiger partial charge in [-0.2, -0.15) is 5.06 Å². The standard InChI is InChI=1S/C30H26N4O3/c1-19(35)37-34-28-23-7-3-2-6-22(23)14-15-26(28)32-30(36)29(34)25-18-33(27-9-5-4-8-24(25)27)17-21-12-10-20(16-31)11-13-21/h2-15,18,29H,16-17,31H2,1H3,(H,32,36). The number of carbonyl (C=O) groups excluding carboxylic acids is 2. The smallest absolute Gasteiger partial charge is 0.329 e. The molecular formula is C30H26N4O3. The number of nitrogens with zero attached hydrogens (tertiary/aromatic N) is 2. The molecule has 6 rings (SSSR count). The van der Waals surface area contributed by atoms with Crippen LogP contribution in [0.25, 0.3) is 21.7 Å². The molecule has 1 unspecified atom stereocenters. The molecule has 0 saturated carbocycles. The van der Waals surface area contributed by atoms with Gasteiger partial charge in [-0.25, -0.2) is 0 Å². The third-order valence-corrected chi connectivity index (χ3v) is 6.81. The van der Waals surface area contributed by atoms with Gasteiger partial charge < -0.3 is 20.5 Å². The van der Waals surface area contributed by atoms with Gasteiger partial charge in [0.25, 0.3) is 5.91 Å². The first-order valence-electron chi connectivity index (χ1n) is 12.2. The Hall–Kier alpha value is -4.62. The first-order chi connectivity index (χ1) is 18.0. The van der Waals surface area contributed by atoms with Crippen molar-refractivity contribution in [3.8, 4) is 0 Å². The number of amides is 1. The summed E-state index contributed by atoms with van der Waals surface area (Å²) in [6.45, 7) is 2.46. The van der Waals surface area contributed by atoms with Crippen LogP contribution >= 0.6 is 0 Å². The molecule has 1 aromatic heterocycles. The van der Waals surface area contributed by atoms with E-state index >= 15 is 0 Å². The second-order valence-electron chi connectivity index (χ2n) is 9.23. The topological polar surface area (TPSA) is 89.6 Å². The molecule has 7 nitrogen and oxygen atoms in total. The van der Waals surface area contributed by atoms with Gasteiger partial charge in [0.15, 0.2) is 6.04 Å². The van der Waals surface area contributed by atoms with E-state index in [4.69, 9.17) is 10.6 Å². The predicted molar refractivity (Wildman–Crippen MR) is 145 cm³/mol. The Morgan fingerprint density at radius 2 is 1.62 bits per heavy atom. The van der Waals surface area contributed by atoms with Gasteiger partial charge in [-0.15, -0.1) is 0 Å². The molecule has 184 valence electrons. The minimum atomic E-state index is -0.868. The van der Waals surface area contributed by atoms with Crippen LogP contribution in [0.3, 0.4) is 0 Å². The van der Waals surface area contributed by atoms with Crippen LogP contribution in [0, 0.1) is 0 Å². The highest BCUT2D eigenvalue weighted by atomic mass is 16.7. The van der Waals surface area contributed by atoms with Gasteiger partial charge in [0.2, 0.25) is 0 Å². The number of hydrogen-bond acceptors (Lipinski definition) is 5. The van der Waals surface area contributed by atoms with Crippen molar-refractivity contribution < 1.29 is 14.4 Å². The molecule has 7 heteroatoms. The van der Waals surface area contributed by atoms with E-state index in [1.54, 1.807) is 0 Å². The molecule has 0 radical (unpaired) electrons. The van der Waals surface area contributed by atoms with Crippen molar-refractivity contribution in [2.75, 3.05) is 10.4 Å². The molecule has 0 bridgehead atoms. The number of para-hydroxylation sites is 1. The van der Waals surface area contributed by atoms with Gasteiger partial charge in [-0.3, -0.25) is 9.59 Å². The molecular weight excluding hydrogens is 464 g/mol. The highest BCUT2D eigenvalue weighted by molar-refractivity contribution is 6.12. The first-order valence-corrected chi connectivity index (χ1v) is 12.2. The maximum absolute atomic E-state index is 13.6. The predicted octanol–water partition coefficient (Wildman–Crippen LogP) is 5.28. The molecule has 37 heavy (non-hydrogen) atoms. The van der Waals surface area contributed by atoms with Crippen molar-refractivity contribution in [2.24, 2.45) is 5.73 Å². The quantitative estimate of drug-likeness (QED) is 0.350. The maximum atomic E-state index is 13.6. The zero-order valence-corrected chi connectivity index (χ0v) is 20.3. The van der Waals surface area contributed by atoms with E-state index in [1.807, 2.05) is 79.0 Å².